The van der Waals surface area contributed by atoms with Gasteiger partial charge in [-0.05, 0) is 31.4 Å². The Hall–Kier alpha value is -1.07. The van der Waals surface area contributed by atoms with Crippen LogP contribution in [0.1, 0.15) is 31.2 Å². The molecule has 0 aliphatic heterocycles. The van der Waals surface area contributed by atoms with Crippen molar-refractivity contribution in [1.82, 2.24) is 0 Å². The summed E-state index contributed by atoms with van der Waals surface area (Å²) in [7, 11) is 0. The molecule has 0 radical (unpaired) electrons. The third-order valence-corrected chi connectivity index (χ3v) is 3.73. The Labute approximate surface area is 99.8 Å². The molecule has 1 saturated carbocycles. The SMILES string of the molecule is N#CC1(Cc2c(F)cccc2Cl)CCCC1. The zero-order valence-corrected chi connectivity index (χ0v) is 9.73. The monoisotopic (exact) mass is 237 g/mol. The van der Waals surface area contributed by atoms with E-state index in [1.54, 1.807) is 12.1 Å². The highest BCUT2D eigenvalue weighted by atomic mass is 35.5. The predicted octanol–water partition coefficient (Wildman–Crippen LogP) is 4.11. The van der Waals surface area contributed by atoms with Crippen LogP contribution in [0.25, 0.3) is 0 Å². The Morgan fingerprint density at radius 3 is 2.62 bits per heavy atom. The normalized spacial score (nSPS) is 18.3. The fourth-order valence-corrected chi connectivity index (χ4v) is 2.65. The average Bonchev–Trinajstić information content (AvgIpc) is 2.73. The number of nitrogens with zero attached hydrogens (tertiary/aromatic N) is 1. The molecule has 0 spiro atoms. The van der Waals surface area contributed by atoms with Gasteiger partial charge in [0.15, 0.2) is 0 Å². The van der Waals surface area contributed by atoms with E-state index in [1.165, 1.54) is 6.07 Å². The molecule has 1 fully saturated rings. The van der Waals surface area contributed by atoms with Crippen molar-refractivity contribution < 1.29 is 4.39 Å². The number of halogens is 2. The highest BCUT2D eigenvalue weighted by Gasteiger charge is 2.35. The lowest BCUT2D eigenvalue weighted by Crippen LogP contribution is -2.18. The van der Waals surface area contributed by atoms with Crippen LogP contribution in [0, 0.1) is 22.6 Å². The molecule has 0 N–H and O–H groups in total. The first-order chi connectivity index (χ1) is 7.67. The Morgan fingerprint density at radius 2 is 2.06 bits per heavy atom. The van der Waals surface area contributed by atoms with E-state index in [4.69, 9.17) is 11.6 Å². The molecular formula is C13H13ClFN. The zero-order valence-electron chi connectivity index (χ0n) is 8.97. The fourth-order valence-electron chi connectivity index (χ4n) is 2.42. The lowest BCUT2D eigenvalue weighted by Gasteiger charge is -2.20. The van der Waals surface area contributed by atoms with Gasteiger partial charge in [0.05, 0.1) is 11.5 Å². The van der Waals surface area contributed by atoms with Crippen LogP contribution in [0.3, 0.4) is 0 Å². The third-order valence-electron chi connectivity index (χ3n) is 3.37. The maximum atomic E-state index is 13.6. The first-order valence-electron chi connectivity index (χ1n) is 5.51. The van der Waals surface area contributed by atoms with Gasteiger partial charge in [0.25, 0.3) is 0 Å². The van der Waals surface area contributed by atoms with Crippen LogP contribution in [0.2, 0.25) is 5.02 Å². The third kappa shape index (κ3) is 2.05. The summed E-state index contributed by atoms with van der Waals surface area (Å²) in [5.41, 5.74) is 0.0962. The molecule has 0 saturated heterocycles. The van der Waals surface area contributed by atoms with Crippen molar-refractivity contribution >= 4 is 11.6 Å². The van der Waals surface area contributed by atoms with Crippen LogP contribution in [0.15, 0.2) is 18.2 Å². The lowest BCUT2D eigenvalue weighted by molar-refractivity contribution is 0.399. The molecule has 2 rings (SSSR count). The predicted molar refractivity (Wildman–Crippen MR) is 61.6 cm³/mol. The largest absolute Gasteiger partial charge is 0.207 e. The molecule has 1 aromatic rings. The van der Waals surface area contributed by atoms with E-state index in [1.807, 2.05) is 0 Å². The molecule has 0 atom stereocenters. The van der Waals surface area contributed by atoms with E-state index in [-0.39, 0.29) is 5.82 Å². The highest BCUT2D eigenvalue weighted by molar-refractivity contribution is 6.31. The maximum Gasteiger partial charge on any atom is 0.127 e. The van der Waals surface area contributed by atoms with Gasteiger partial charge in [0.2, 0.25) is 0 Å². The Bertz CT molecular complexity index is 410. The van der Waals surface area contributed by atoms with Gasteiger partial charge in [-0.25, -0.2) is 4.39 Å². The van der Waals surface area contributed by atoms with Gasteiger partial charge in [-0.2, -0.15) is 5.26 Å². The minimum atomic E-state index is -0.397. The van der Waals surface area contributed by atoms with Crippen molar-refractivity contribution in [1.29, 1.82) is 5.26 Å². The van der Waals surface area contributed by atoms with Crippen molar-refractivity contribution in [3.8, 4) is 6.07 Å². The van der Waals surface area contributed by atoms with Crippen molar-refractivity contribution in [3.05, 3.63) is 34.6 Å². The van der Waals surface area contributed by atoms with Gasteiger partial charge in [-0.1, -0.05) is 30.5 Å². The van der Waals surface area contributed by atoms with Gasteiger partial charge in [-0.3, -0.25) is 0 Å². The quantitative estimate of drug-likeness (QED) is 0.760. The molecule has 0 bridgehead atoms. The zero-order chi connectivity index (χ0) is 11.6. The Morgan fingerprint density at radius 1 is 1.38 bits per heavy atom. The molecule has 1 aliphatic rings. The number of rotatable bonds is 2. The number of hydrogen-bond acceptors (Lipinski definition) is 1. The molecule has 1 aromatic carbocycles. The summed E-state index contributed by atoms with van der Waals surface area (Å²) in [6, 6.07) is 7.03. The Kier molecular flexibility index (Phi) is 3.16. The van der Waals surface area contributed by atoms with Crippen LogP contribution in [-0.4, -0.2) is 0 Å². The standard InChI is InChI=1S/C13H13ClFN/c14-11-4-3-5-12(15)10(11)8-13(9-16)6-1-2-7-13/h3-5H,1-2,6-8H2. The van der Waals surface area contributed by atoms with E-state index >= 15 is 0 Å². The number of hydrogen-bond donors (Lipinski definition) is 0. The van der Waals surface area contributed by atoms with Crippen molar-refractivity contribution in [2.45, 2.75) is 32.1 Å². The summed E-state index contributed by atoms with van der Waals surface area (Å²) in [5, 5.41) is 9.68. The Balaban J connectivity index is 2.30. The molecular weight excluding hydrogens is 225 g/mol. The molecule has 1 aliphatic carbocycles. The summed E-state index contributed by atoms with van der Waals surface area (Å²) < 4.78 is 13.6. The van der Waals surface area contributed by atoms with Crippen LogP contribution < -0.4 is 0 Å². The molecule has 0 unspecified atom stereocenters. The van der Waals surface area contributed by atoms with E-state index in [9.17, 15) is 9.65 Å². The summed E-state index contributed by atoms with van der Waals surface area (Å²) in [4.78, 5) is 0. The average molecular weight is 238 g/mol. The van der Waals surface area contributed by atoms with E-state index in [0.29, 0.717) is 17.0 Å². The minimum Gasteiger partial charge on any atom is -0.207 e. The molecule has 0 heterocycles. The molecule has 3 heteroatoms. The van der Waals surface area contributed by atoms with Gasteiger partial charge in [0.1, 0.15) is 5.82 Å². The number of benzene rings is 1. The molecule has 0 amide bonds. The second-order valence-electron chi connectivity index (χ2n) is 4.48. The number of nitriles is 1. The van der Waals surface area contributed by atoms with Crippen molar-refractivity contribution in [2.75, 3.05) is 0 Å². The lowest BCUT2D eigenvalue weighted by atomic mass is 9.81. The summed E-state index contributed by atoms with van der Waals surface area (Å²) in [6.07, 6.45) is 4.26. The van der Waals surface area contributed by atoms with Gasteiger partial charge in [0, 0.05) is 10.6 Å². The molecule has 16 heavy (non-hydrogen) atoms. The first kappa shape index (κ1) is 11.4. The minimum absolute atomic E-state index is 0.297. The van der Waals surface area contributed by atoms with Crippen LogP contribution in [0.4, 0.5) is 4.39 Å². The second kappa shape index (κ2) is 4.43. The van der Waals surface area contributed by atoms with Gasteiger partial charge < -0.3 is 0 Å². The fraction of sp³-hybridized carbons (Fsp3) is 0.462. The van der Waals surface area contributed by atoms with Crippen molar-refractivity contribution in [2.24, 2.45) is 5.41 Å². The highest BCUT2D eigenvalue weighted by Crippen LogP contribution is 2.41. The maximum absolute atomic E-state index is 13.6. The summed E-state index contributed by atoms with van der Waals surface area (Å²) in [6.45, 7) is 0. The van der Waals surface area contributed by atoms with Crippen LogP contribution >= 0.6 is 11.6 Å². The summed E-state index contributed by atoms with van der Waals surface area (Å²) in [5.74, 6) is -0.297. The van der Waals surface area contributed by atoms with E-state index < -0.39 is 5.41 Å². The van der Waals surface area contributed by atoms with Gasteiger partial charge >= 0.3 is 0 Å². The van der Waals surface area contributed by atoms with Crippen LogP contribution in [-0.2, 0) is 6.42 Å². The molecule has 1 nitrogen and oxygen atoms in total. The molecule has 84 valence electrons. The van der Waals surface area contributed by atoms with Crippen molar-refractivity contribution in [3.63, 3.8) is 0 Å². The van der Waals surface area contributed by atoms with Gasteiger partial charge in [-0.15, -0.1) is 0 Å². The first-order valence-corrected chi connectivity index (χ1v) is 5.89. The van der Waals surface area contributed by atoms with E-state index in [0.717, 1.165) is 25.7 Å². The van der Waals surface area contributed by atoms with Crippen LogP contribution in [0.5, 0.6) is 0 Å². The molecule has 0 aromatic heterocycles. The summed E-state index contributed by atoms with van der Waals surface area (Å²) >= 11 is 5.98. The smallest absolute Gasteiger partial charge is 0.127 e. The van der Waals surface area contributed by atoms with E-state index in [2.05, 4.69) is 6.07 Å². The second-order valence-corrected chi connectivity index (χ2v) is 4.88. The topological polar surface area (TPSA) is 23.8 Å².